The summed E-state index contributed by atoms with van der Waals surface area (Å²) in [7, 11) is 0. The first-order chi connectivity index (χ1) is 14.6. The maximum atomic E-state index is 13.2. The molecular formula is C26H36N2O3. The molecule has 1 atom stereocenters. The summed E-state index contributed by atoms with van der Waals surface area (Å²) in [6.07, 6.45) is 1.21. The molecule has 168 valence electrons. The minimum atomic E-state index is -0.543. The molecule has 0 aliphatic carbocycles. The fourth-order valence-corrected chi connectivity index (χ4v) is 3.59. The number of rotatable bonds is 9. The van der Waals surface area contributed by atoms with E-state index in [-0.39, 0.29) is 24.0 Å². The highest BCUT2D eigenvalue weighted by molar-refractivity contribution is 5.88. The number of nitrogens with one attached hydrogen (secondary N) is 1. The van der Waals surface area contributed by atoms with Crippen LogP contribution in [0.4, 0.5) is 0 Å². The van der Waals surface area contributed by atoms with Crippen molar-refractivity contribution in [3.8, 4) is 5.75 Å². The second-order valence-electron chi connectivity index (χ2n) is 9.10. The van der Waals surface area contributed by atoms with E-state index in [0.29, 0.717) is 25.1 Å². The lowest BCUT2D eigenvalue weighted by molar-refractivity contribution is -0.142. The first-order valence-electron chi connectivity index (χ1n) is 11.0. The number of hydrogen-bond acceptors (Lipinski definition) is 3. The fourth-order valence-electron chi connectivity index (χ4n) is 3.59. The third-order valence-electron chi connectivity index (χ3n) is 4.93. The van der Waals surface area contributed by atoms with E-state index in [1.165, 1.54) is 0 Å². The number of hydrogen-bond donors (Lipinski definition) is 1. The zero-order valence-corrected chi connectivity index (χ0v) is 19.7. The van der Waals surface area contributed by atoms with Crippen molar-refractivity contribution in [2.45, 2.75) is 66.0 Å². The van der Waals surface area contributed by atoms with Gasteiger partial charge in [0.25, 0.3) is 5.91 Å². The summed E-state index contributed by atoms with van der Waals surface area (Å²) in [5, 5.41) is 3.02. The standard InChI is InChI=1S/C26H36N2O3/c1-7-23(25(30)27-26(4,5)6)28(14-13-21-11-9-8-10-12-21)24(29)18-31-22-16-19(2)15-20(3)17-22/h8-12,15-17,23H,7,13-14,18H2,1-6H3,(H,27,30). The van der Waals surface area contributed by atoms with E-state index in [9.17, 15) is 9.59 Å². The Morgan fingerprint density at radius 1 is 1.03 bits per heavy atom. The van der Waals surface area contributed by atoms with Crippen LogP contribution in [0.3, 0.4) is 0 Å². The second-order valence-corrected chi connectivity index (χ2v) is 9.10. The third kappa shape index (κ3) is 8.08. The molecule has 0 spiro atoms. The molecule has 0 bridgehead atoms. The lowest BCUT2D eigenvalue weighted by Gasteiger charge is -2.33. The lowest BCUT2D eigenvalue weighted by atomic mass is 10.1. The van der Waals surface area contributed by atoms with E-state index in [1.54, 1.807) is 4.90 Å². The van der Waals surface area contributed by atoms with Crippen molar-refractivity contribution in [2.24, 2.45) is 0 Å². The van der Waals surface area contributed by atoms with E-state index in [4.69, 9.17) is 4.74 Å². The molecule has 1 unspecified atom stereocenters. The number of aryl methyl sites for hydroxylation is 2. The van der Waals surface area contributed by atoms with Crippen molar-refractivity contribution in [1.82, 2.24) is 10.2 Å². The molecule has 0 saturated carbocycles. The van der Waals surface area contributed by atoms with Gasteiger partial charge in [-0.25, -0.2) is 0 Å². The van der Waals surface area contributed by atoms with Gasteiger partial charge >= 0.3 is 0 Å². The van der Waals surface area contributed by atoms with Crippen molar-refractivity contribution < 1.29 is 14.3 Å². The molecule has 2 rings (SSSR count). The maximum Gasteiger partial charge on any atom is 0.261 e. The van der Waals surface area contributed by atoms with Gasteiger partial charge in [-0.05, 0) is 76.3 Å². The van der Waals surface area contributed by atoms with E-state index in [2.05, 4.69) is 11.4 Å². The van der Waals surface area contributed by atoms with E-state index >= 15 is 0 Å². The Labute approximate surface area is 186 Å². The molecule has 5 nitrogen and oxygen atoms in total. The first kappa shape index (κ1) is 24.4. The SMILES string of the molecule is CCC(C(=O)NC(C)(C)C)N(CCc1ccccc1)C(=O)COc1cc(C)cc(C)c1. The van der Waals surface area contributed by atoms with Crippen LogP contribution in [0, 0.1) is 13.8 Å². The molecule has 0 radical (unpaired) electrons. The Morgan fingerprint density at radius 2 is 1.65 bits per heavy atom. The number of benzene rings is 2. The van der Waals surface area contributed by atoms with Gasteiger partial charge in [-0.2, -0.15) is 0 Å². The minimum absolute atomic E-state index is 0.100. The zero-order valence-electron chi connectivity index (χ0n) is 19.7. The van der Waals surface area contributed by atoms with Crippen LogP contribution in [0.2, 0.25) is 0 Å². The van der Waals surface area contributed by atoms with Gasteiger partial charge < -0.3 is 15.0 Å². The fraction of sp³-hybridized carbons (Fsp3) is 0.462. The van der Waals surface area contributed by atoms with Crippen LogP contribution in [0.15, 0.2) is 48.5 Å². The molecule has 0 heterocycles. The lowest BCUT2D eigenvalue weighted by Crippen LogP contribution is -2.54. The molecule has 1 N–H and O–H groups in total. The molecule has 31 heavy (non-hydrogen) atoms. The van der Waals surface area contributed by atoms with Gasteiger partial charge in [0, 0.05) is 12.1 Å². The average molecular weight is 425 g/mol. The Morgan fingerprint density at radius 3 is 2.19 bits per heavy atom. The summed E-state index contributed by atoms with van der Waals surface area (Å²) in [5.41, 5.74) is 2.93. The molecule has 2 aromatic rings. The van der Waals surface area contributed by atoms with Gasteiger partial charge in [0.05, 0.1) is 0 Å². The molecule has 2 aromatic carbocycles. The molecule has 0 aromatic heterocycles. The van der Waals surface area contributed by atoms with Crippen molar-refractivity contribution in [3.63, 3.8) is 0 Å². The quantitative estimate of drug-likeness (QED) is 0.647. The Bertz CT molecular complexity index is 852. The molecule has 0 aliphatic heterocycles. The summed E-state index contributed by atoms with van der Waals surface area (Å²) in [6.45, 7) is 12.1. The summed E-state index contributed by atoms with van der Waals surface area (Å²) >= 11 is 0. The smallest absolute Gasteiger partial charge is 0.261 e. The van der Waals surface area contributed by atoms with Gasteiger partial charge in [-0.1, -0.05) is 43.3 Å². The Kier molecular flexibility index (Phi) is 8.66. The first-order valence-corrected chi connectivity index (χ1v) is 11.0. The van der Waals surface area contributed by atoms with Crippen molar-refractivity contribution in [2.75, 3.05) is 13.2 Å². The highest BCUT2D eigenvalue weighted by Gasteiger charge is 2.30. The number of carbonyl (C=O) groups excluding carboxylic acids is 2. The summed E-state index contributed by atoms with van der Waals surface area (Å²) in [5.74, 6) is 0.342. The van der Waals surface area contributed by atoms with Crippen LogP contribution in [0.1, 0.15) is 50.8 Å². The minimum Gasteiger partial charge on any atom is -0.484 e. The number of carbonyl (C=O) groups is 2. The van der Waals surface area contributed by atoms with Crippen LogP contribution < -0.4 is 10.1 Å². The largest absolute Gasteiger partial charge is 0.484 e. The van der Waals surface area contributed by atoms with E-state index in [1.807, 2.05) is 84.0 Å². The average Bonchev–Trinajstić information content (AvgIpc) is 2.68. The monoisotopic (exact) mass is 424 g/mol. The predicted octanol–water partition coefficient (Wildman–Crippen LogP) is 4.45. The van der Waals surface area contributed by atoms with E-state index < -0.39 is 6.04 Å². The number of nitrogens with zero attached hydrogens (tertiary/aromatic N) is 1. The van der Waals surface area contributed by atoms with Gasteiger partial charge in [-0.15, -0.1) is 0 Å². The third-order valence-corrected chi connectivity index (χ3v) is 4.93. The Hall–Kier alpha value is -2.82. The van der Waals surface area contributed by atoms with Crippen molar-refractivity contribution in [1.29, 1.82) is 0 Å². The molecule has 0 fully saturated rings. The summed E-state index contributed by atoms with van der Waals surface area (Å²) in [6, 6.07) is 15.3. The van der Waals surface area contributed by atoms with Gasteiger partial charge in [0.2, 0.25) is 5.91 Å². The number of ether oxygens (including phenoxy) is 1. The molecular weight excluding hydrogens is 388 g/mol. The van der Waals surface area contributed by atoms with Crippen LogP contribution in [0.5, 0.6) is 5.75 Å². The summed E-state index contributed by atoms with van der Waals surface area (Å²) < 4.78 is 5.81. The van der Waals surface area contributed by atoms with Crippen molar-refractivity contribution in [3.05, 3.63) is 65.2 Å². The topological polar surface area (TPSA) is 58.6 Å². The summed E-state index contributed by atoms with van der Waals surface area (Å²) in [4.78, 5) is 27.8. The normalized spacial score (nSPS) is 12.2. The van der Waals surface area contributed by atoms with Crippen LogP contribution in [0.25, 0.3) is 0 Å². The highest BCUT2D eigenvalue weighted by atomic mass is 16.5. The zero-order chi connectivity index (χ0) is 23.0. The van der Waals surface area contributed by atoms with Crippen molar-refractivity contribution >= 4 is 11.8 Å². The van der Waals surface area contributed by atoms with Crippen LogP contribution in [-0.2, 0) is 16.0 Å². The van der Waals surface area contributed by atoms with E-state index in [0.717, 1.165) is 16.7 Å². The maximum absolute atomic E-state index is 13.2. The van der Waals surface area contributed by atoms with Gasteiger partial charge in [0.1, 0.15) is 11.8 Å². The van der Waals surface area contributed by atoms with Crippen LogP contribution >= 0.6 is 0 Å². The van der Waals surface area contributed by atoms with Crippen LogP contribution in [-0.4, -0.2) is 41.4 Å². The van der Waals surface area contributed by atoms with Gasteiger partial charge in [0.15, 0.2) is 6.61 Å². The Balaban J connectivity index is 2.17. The molecule has 5 heteroatoms. The molecule has 2 amide bonds. The predicted molar refractivity (Wildman–Crippen MR) is 125 cm³/mol. The van der Waals surface area contributed by atoms with Gasteiger partial charge in [-0.3, -0.25) is 9.59 Å². The molecule has 0 saturated heterocycles. The number of amides is 2. The second kappa shape index (κ2) is 11.0. The highest BCUT2D eigenvalue weighted by Crippen LogP contribution is 2.17. The molecule has 0 aliphatic rings.